The molecule has 2 rings (SSSR count). The number of carbonyl (C=O) groups is 2. The Hall–Kier alpha value is -2.94. The molecule has 0 aliphatic carbocycles. The van der Waals surface area contributed by atoms with E-state index in [1.807, 2.05) is 6.07 Å². The summed E-state index contributed by atoms with van der Waals surface area (Å²) in [6.07, 6.45) is -0.861. The number of hydrazine groups is 1. The molecule has 2 N–H and O–H groups in total. The number of amides is 2. The highest BCUT2D eigenvalue weighted by atomic mass is 79.9. The van der Waals surface area contributed by atoms with Crippen LogP contribution in [0.25, 0.3) is 0 Å². The third-order valence-electron chi connectivity index (χ3n) is 3.10. The first-order chi connectivity index (χ1) is 11.9. The van der Waals surface area contributed by atoms with E-state index in [0.717, 1.165) is 10.5 Å². The van der Waals surface area contributed by atoms with Gasteiger partial charge in [0.1, 0.15) is 5.75 Å². The van der Waals surface area contributed by atoms with Gasteiger partial charge in [-0.1, -0.05) is 28.1 Å². The number of nitro benzene ring substituents is 1. The van der Waals surface area contributed by atoms with Crippen molar-refractivity contribution in [1.29, 1.82) is 0 Å². The van der Waals surface area contributed by atoms with Crippen molar-refractivity contribution in [3.63, 3.8) is 0 Å². The lowest BCUT2D eigenvalue weighted by Gasteiger charge is -2.15. The van der Waals surface area contributed by atoms with Crippen molar-refractivity contribution in [2.75, 3.05) is 0 Å². The molecular weight excluding hydrogens is 394 g/mol. The van der Waals surface area contributed by atoms with E-state index in [2.05, 4.69) is 26.8 Å². The molecule has 2 amide bonds. The normalized spacial score (nSPS) is 11.3. The highest BCUT2D eigenvalue weighted by Crippen LogP contribution is 2.18. The molecule has 9 heteroatoms. The van der Waals surface area contributed by atoms with Gasteiger partial charge in [0.05, 0.1) is 4.92 Å². The highest BCUT2D eigenvalue weighted by Gasteiger charge is 2.17. The minimum atomic E-state index is -0.861. The fourth-order valence-corrected chi connectivity index (χ4v) is 2.23. The van der Waals surface area contributed by atoms with Crippen molar-refractivity contribution >= 4 is 33.4 Å². The van der Waals surface area contributed by atoms with Crippen molar-refractivity contribution in [2.24, 2.45) is 0 Å². The van der Waals surface area contributed by atoms with Crippen molar-refractivity contribution in [3.05, 3.63) is 68.7 Å². The summed E-state index contributed by atoms with van der Waals surface area (Å²) >= 11 is 3.30. The molecule has 0 saturated carbocycles. The first kappa shape index (κ1) is 18.4. The van der Waals surface area contributed by atoms with Crippen LogP contribution in [0, 0.1) is 10.1 Å². The molecule has 25 heavy (non-hydrogen) atoms. The van der Waals surface area contributed by atoms with Crippen molar-refractivity contribution < 1.29 is 19.2 Å². The molecule has 2 aromatic carbocycles. The molecule has 0 unspecified atom stereocenters. The van der Waals surface area contributed by atoms with Gasteiger partial charge in [0.25, 0.3) is 17.5 Å². The minimum Gasteiger partial charge on any atom is -0.481 e. The second kappa shape index (κ2) is 8.25. The fraction of sp³-hybridized carbons (Fsp3) is 0.125. The maximum atomic E-state index is 12.0. The summed E-state index contributed by atoms with van der Waals surface area (Å²) in [5, 5.41) is 10.7. The lowest BCUT2D eigenvalue weighted by Crippen LogP contribution is -2.47. The van der Waals surface area contributed by atoms with Gasteiger partial charge >= 0.3 is 0 Å². The Kier molecular flexibility index (Phi) is 6.07. The van der Waals surface area contributed by atoms with E-state index in [9.17, 15) is 19.7 Å². The summed E-state index contributed by atoms with van der Waals surface area (Å²) in [6.45, 7) is 1.52. The Morgan fingerprint density at radius 2 is 1.88 bits per heavy atom. The Morgan fingerprint density at radius 1 is 1.16 bits per heavy atom. The Bertz CT molecular complexity index is 812. The summed E-state index contributed by atoms with van der Waals surface area (Å²) in [4.78, 5) is 34.0. The average Bonchev–Trinajstić information content (AvgIpc) is 2.59. The molecule has 0 spiro atoms. The number of hydrogen-bond donors (Lipinski definition) is 2. The molecule has 0 aromatic heterocycles. The number of ether oxygens (including phenoxy) is 1. The van der Waals surface area contributed by atoms with E-state index in [-0.39, 0.29) is 11.3 Å². The number of nitrogens with one attached hydrogen (secondary N) is 2. The summed E-state index contributed by atoms with van der Waals surface area (Å²) < 4.78 is 6.27. The third kappa shape index (κ3) is 5.28. The number of hydrogen-bond acceptors (Lipinski definition) is 5. The van der Waals surface area contributed by atoms with Gasteiger partial charge < -0.3 is 4.74 Å². The standard InChI is InChI=1S/C16H14BrN3O5/c1-10(25-14-7-3-5-12(17)9-14)15(21)18-19-16(22)11-4-2-6-13(8-11)20(23)24/h2-10H,1H3,(H,18,21)(H,19,22)/t10-/m0/s1. The average molecular weight is 408 g/mol. The zero-order chi connectivity index (χ0) is 18.4. The van der Waals surface area contributed by atoms with Crippen molar-refractivity contribution in [2.45, 2.75) is 13.0 Å². The van der Waals surface area contributed by atoms with Crippen LogP contribution in [0.4, 0.5) is 5.69 Å². The molecule has 0 bridgehead atoms. The molecule has 1 atom stereocenters. The quantitative estimate of drug-likeness (QED) is 0.584. The van der Waals surface area contributed by atoms with Crippen LogP contribution in [-0.2, 0) is 4.79 Å². The number of rotatable bonds is 5. The second-order valence-corrected chi connectivity index (χ2v) is 5.88. The van der Waals surface area contributed by atoms with Crippen LogP contribution >= 0.6 is 15.9 Å². The van der Waals surface area contributed by atoms with Gasteiger partial charge in [-0.2, -0.15) is 0 Å². The maximum Gasteiger partial charge on any atom is 0.279 e. The first-order valence-corrected chi connectivity index (χ1v) is 7.93. The van der Waals surface area contributed by atoms with Gasteiger partial charge in [-0.25, -0.2) is 0 Å². The number of non-ortho nitro benzene ring substituents is 1. The smallest absolute Gasteiger partial charge is 0.279 e. The zero-order valence-corrected chi connectivity index (χ0v) is 14.6. The first-order valence-electron chi connectivity index (χ1n) is 7.13. The lowest BCUT2D eigenvalue weighted by atomic mass is 10.2. The topological polar surface area (TPSA) is 111 Å². The maximum absolute atomic E-state index is 12.0. The van der Waals surface area contributed by atoms with Crippen LogP contribution in [0.15, 0.2) is 53.0 Å². The fourth-order valence-electron chi connectivity index (χ4n) is 1.85. The van der Waals surface area contributed by atoms with Gasteiger partial charge in [-0.05, 0) is 31.2 Å². The summed E-state index contributed by atoms with van der Waals surface area (Å²) in [6, 6.07) is 12.1. The van der Waals surface area contributed by atoms with Crippen molar-refractivity contribution in [1.82, 2.24) is 10.9 Å². The SMILES string of the molecule is C[C@H](Oc1cccc(Br)c1)C(=O)NNC(=O)c1cccc([N+](=O)[O-])c1. The van der Waals surface area contributed by atoms with Gasteiger partial charge in [0, 0.05) is 22.2 Å². The molecule has 2 aromatic rings. The molecule has 0 aliphatic rings. The number of nitrogens with zero attached hydrogens (tertiary/aromatic N) is 1. The van der Waals surface area contributed by atoms with Crippen LogP contribution in [-0.4, -0.2) is 22.8 Å². The summed E-state index contributed by atoms with van der Waals surface area (Å²) in [5.74, 6) is -0.757. The Labute approximate surface area is 151 Å². The van der Waals surface area contributed by atoms with Crippen LogP contribution in [0.5, 0.6) is 5.75 Å². The Morgan fingerprint density at radius 3 is 2.56 bits per heavy atom. The number of carbonyl (C=O) groups excluding carboxylic acids is 2. The van der Waals surface area contributed by atoms with Gasteiger partial charge in [-0.3, -0.25) is 30.6 Å². The van der Waals surface area contributed by atoms with Crippen molar-refractivity contribution in [3.8, 4) is 5.75 Å². The van der Waals surface area contributed by atoms with E-state index < -0.39 is 22.8 Å². The third-order valence-corrected chi connectivity index (χ3v) is 3.59. The molecule has 0 saturated heterocycles. The minimum absolute atomic E-state index is 0.0510. The van der Waals surface area contributed by atoms with E-state index >= 15 is 0 Å². The van der Waals surface area contributed by atoms with Crippen LogP contribution in [0.3, 0.4) is 0 Å². The summed E-state index contributed by atoms with van der Waals surface area (Å²) in [7, 11) is 0. The van der Waals surface area contributed by atoms with E-state index in [1.54, 1.807) is 18.2 Å². The zero-order valence-electron chi connectivity index (χ0n) is 13.1. The van der Waals surface area contributed by atoms with Crippen LogP contribution in [0.1, 0.15) is 17.3 Å². The number of halogens is 1. The molecule has 8 nitrogen and oxygen atoms in total. The summed E-state index contributed by atoms with van der Waals surface area (Å²) in [5.41, 5.74) is 4.25. The van der Waals surface area contributed by atoms with Gasteiger partial charge in [0.15, 0.2) is 6.10 Å². The molecule has 0 fully saturated rings. The number of benzene rings is 2. The van der Waals surface area contributed by atoms with E-state index in [1.165, 1.54) is 25.1 Å². The Balaban J connectivity index is 1.91. The molecular formula is C16H14BrN3O5. The largest absolute Gasteiger partial charge is 0.481 e. The number of nitro groups is 1. The molecule has 0 aliphatic heterocycles. The molecule has 0 radical (unpaired) electrons. The van der Waals surface area contributed by atoms with E-state index in [0.29, 0.717) is 5.75 Å². The predicted molar refractivity (Wildman–Crippen MR) is 92.9 cm³/mol. The van der Waals surface area contributed by atoms with Gasteiger partial charge in [-0.15, -0.1) is 0 Å². The predicted octanol–water partition coefficient (Wildman–Crippen LogP) is 2.59. The lowest BCUT2D eigenvalue weighted by molar-refractivity contribution is -0.384. The monoisotopic (exact) mass is 407 g/mol. The van der Waals surface area contributed by atoms with Gasteiger partial charge in [0.2, 0.25) is 0 Å². The van der Waals surface area contributed by atoms with Crippen LogP contribution in [0.2, 0.25) is 0 Å². The molecule has 130 valence electrons. The molecule has 0 heterocycles. The van der Waals surface area contributed by atoms with Crippen LogP contribution < -0.4 is 15.6 Å². The second-order valence-electron chi connectivity index (χ2n) is 4.97. The highest BCUT2D eigenvalue weighted by molar-refractivity contribution is 9.10. The van der Waals surface area contributed by atoms with E-state index in [4.69, 9.17) is 4.74 Å².